The van der Waals surface area contributed by atoms with Gasteiger partial charge in [-0.1, -0.05) is 26.2 Å². The largest absolute Gasteiger partial charge is 0.481 e. The second-order valence-electron chi connectivity index (χ2n) is 4.34. The van der Waals surface area contributed by atoms with Gasteiger partial charge >= 0.3 is 5.97 Å². The van der Waals surface area contributed by atoms with Crippen molar-refractivity contribution >= 4 is 5.97 Å². The molecule has 0 bridgehead atoms. The van der Waals surface area contributed by atoms with Gasteiger partial charge in [0, 0.05) is 5.41 Å². The summed E-state index contributed by atoms with van der Waals surface area (Å²) in [4.78, 5) is 10.6. The van der Waals surface area contributed by atoms with E-state index in [0.717, 1.165) is 32.1 Å². The number of aliphatic carboxylic acids is 1. The molecule has 1 fully saturated rings. The van der Waals surface area contributed by atoms with E-state index in [1.807, 2.05) is 6.92 Å². The maximum Gasteiger partial charge on any atom is 0.303 e. The van der Waals surface area contributed by atoms with Gasteiger partial charge in [0.1, 0.15) is 0 Å². The van der Waals surface area contributed by atoms with Gasteiger partial charge in [0.05, 0.1) is 12.5 Å². The second-order valence-corrected chi connectivity index (χ2v) is 4.34. The molecule has 13 heavy (non-hydrogen) atoms. The summed E-state index contributed by atoms with van der Waals surface area (Å²) in [5, 5.41) is 18.5. The quantitative estimate of drug-likeness (QED) is 0.646. The van der Waals surface area contributed by atoms with Crippen LogP contribution in [0.5, 0.6) is 0 Å². The zero-order valence-corrected chi connectivity index (χ0v) is 8.12. The standard InChI is InChI=1S/C10H18O3/c1-10(7-9(12)13)6-4-2-3-5-8(10)11/h8,11H,2-7H2,1H3,(H,12,13). The molecule has 1 saturated carbocycles. The third-order valence-corrected chi connectivity index (χ3v) is 3.08. The van der Waals surface area contributed by atoms with Crippen LogP contribution in [0.2, 0.25) is 0 Å². The lowest BCUT2D eigenvalue weighted by atomic mass is 9.77. The molecule has 0 aromatic rings. The topological polar surface area (TPSA) is 57.5 Å². The minimum absolute atomic E-state index is 0.0914. The van der Waals surface area contributed by atoms with Gasteiger partial charge in [-0.25, -0.2) is 0 Å². The third kappa shape index (κ3) is 2.69. The summed E-state index contributed by atoms with van der Waals surface area (Å²) in [5.41, 5.74) is -0.400. The van der Waals surface area contributed by atoms with Crippen molar-refractivity contribution in [2.24, 2.45) is 5.41 Å². The summed E-state index contributed by atoms with van der Waals surface area (Å²) in [6, 6.07) is 0. The van der Waals surface area contributed by atoms with E-state index >= 15 is 0 Å². The number of aliphatic hydroxyl groups is 1. The maximum atomic E-state index is 10.6. The minimum atomic E-state index is -0.802. The van der Waals surface area contributed by atoms with Crippen LogP contribution in [-0.4, -0.2) is 22.3 Å². The fraction of sp³-hybridized carbons (Fsp3) is 0.900. The molecule has 0 aromatic heterocycles. The van der Waals surface area contributed by atoms with E-state index in [1.54, 1.807) is 0 Å². The van der Waals surface area contributed by atoms with Gasteiger partial charge < -0.3 is 10.2 Å². The third-order valence-electron chi connectivity index (χ3n) is 3.08. The van der Waals surface area contributed by atoms with Crippen molar-refractivity contribution in [3.8, 4) is 0 Å². The first kappa shape index (κ1) is 10.5. The summed E-state index contributed by atoms with van der Waals surface area (Å²) >= 11 is 0. The first-order chi connectivity index (χ1) is 6.04. The summed E-state index contributed by atoms with van der Waals surface area (Å²) in [7, 11) is 0. The Bertz CT molecular complexity index is 191. The lowest BCUT2D eigenvalue weighted by Gasteiger charge is -2.31. The van der Waals surface area contributed by atoms with Gasteiger partial charge in [0.2, 0.25) is 0 Å². The predicted octanol–water partition coefficient (Wildman–Crippen LogP) is 1.79. The van der Waals surface area contributed by atoms with E-state index in [4.69, 9.17) is 5.11 Å². The zero-order valence-electron chi connectivity index (χ0n) is 8.12. The smallest absolute Gasteiger partial charge is 0.303 e. The molecule has 1 rings (SSSR count). The van der Waals surface area contributed by atoms with Gasteiger partial charge in [0.25, 0.3) is 0 Å². The van der Waals surface area contributed by atoms with E-state index in [1.165, 1.54) is 0 Å². The molecule has 0 aromatic carbocycles. The molecule has 0 spiro atoms. The van der Waals surface area contributed by atoms with Crippen molar-refractivity contribution in [2.45, 2.75) is 51.6 Å². The highest BCUT2D eigenvalue weighted by atomic mass is 16.4. The van der Waals surface area contributed by atoms with Crippen molar-refractivity contribution in [2.75, 3.05) is 0 Å². The fourth-order valence-electron chi connectivity index (χ4n) is 2.11. The van der Waals surface area contributed by atoms with Crippen LogP contribution in [0.1, 0.15) is 45.4 Å². The number of aliphatic hydroxyl groups excluding tert-OH is 1. The monoisotopic (exact) mass is 186 g/mol. The van der Waals surface area contributed by atoms with Crippen LogP contribution in [0.3, 0.4) is 0 Å². The Kier molecular flexibility index (Phi) is 3.31. The SMILES string of the molecule is CC1(CC(=O)O)CCCCCC1O. The Morgan fingerprint density at radius 2 is 2.15 bits per heavy atom. The molecule has 76 valence electrons. The van der Waals surface area contributed by atoms with Gasteiger partial charge in [-0.2, -0.15) is 0 Å². The molecule has 0 saturated heterocycles. The van der Waals surface area contributed by atoms with Gasteiger partial charge in [-0.05, 0) is 12.8 Å². The predicted molar refractivity (Wildman–Crippen MR) is 49.5 cm³/mol. The number of carbonyl (C=O) groups is 1. The van der Waals surface area contributed by atoms with Crippen LogP contribution in [0, 0.1) is 5.41 Å². The van der Waals surface area contributed by atoms with E-state index in [9.17, 15) is 9.90 Å². The van der Waals surface area contributed by atoms with Crippen molar-refractivity contribution in [3.05, 3.63) is 0 Å². The molecule has 1 aliphatic rings. The molecular formula is C10H18O3. The Morgan fingerprint density at radius 1 is 1.46 bits per heavy atom. The Labute approximate surface area is 78.8 Å². The van der Waals surface area contributed by atoms with Crippen molar-refractivity contribution in [3.63, 3.8) is 0 Å². The lowest BCUT2D eigenvalue weighted by Crippen LogP contribution is -2.33. The number of carboxylic acid groups (broad SMARTS) is 1. The summed E-state index contributed by atoms with van der Waals surface area (Å²) in [6.07, 6.45) is 4.42. The minimum Gasteiger partial charge on any atom is -0.481 e. The van der Waals surface area contributed by atoms with Crippen LogP contribution in [0.15, 0.2) is 0 Å². The molecular weight excluding hydrogens is 168 g/mol. The molecule has 1 aliphatic carbocycles. The van der Waals surface area contributed by atoms with Crippen LogP contribution in [-0.2, 0) is 4.79 Å². The summed E-state index contributed by atoms with van der Waals surface area (Å²) in [6.45, 7) is 1.89. The average molecular weight is 186 g/mol. The molecule has 3 heteroatoms. The molecule has 0 heterocycles. The summed E-state index contributed by atoms with van der Waals surface area (Å²) < 4.78 is 0. The molecule has 2 atom stereocenters. The van der Waals surface area contributed by atoms with Crippen molar-refractivity contribution in [1.82, 2.24) is 0 Å². The van der Waals surface area contributed by atoms with Crippen LogP contribution in [0.4, 0.5) is 0 Å². The highest BCUT2D eigenvalue weighted by molar-refractivity contribution is 5.67. The van der Waals surface area contributed by atoms with Gasteiger partial charge in [0.15, 0.2) is 0 Å². The first-order valence-electron chi connectivity index (χ1n) is 4.94. The van der Waals surface area contributed by atoms with Crippen molar-refractivity contribution < 1.29 is 15.0 Å². The molecule has 0 aliphatic heterocycles. The molecule has 3 nitrogen and oxygen atoms in total. The average Bonchev–Trinajstić information content (AvgIpc) is 2.14. The van der Waals surface area contributed by atoms with E-state index in [2.05, 4.69) is 0 Å². The van der Waals surface area contributed by atoms with Crippen LogP contribution >= 0.6 is 0 Å². The van der Waals surface area contributed by atoms with E-state index in [-0.39, 0.29) is 6.42 Å². The van der Waals surface area contributed by atoms with Crippen molar-refractivity contribution in [1.29, 1.82) is 0 Å². The van der Waals surface area contributed by atoms with Crippen LogP contribution < -0.4 is 0 Å². The first-order valence-corrected chi connectivity index (χ1v) is 4.94. The molecule has 2 N–H and O–H groups in total. The van der Waals surface area contributed by atoms with Crippen LogP contribution in [0.25, 0.3) is 0 Å². The molecule has 0 radical (unpaired) electrons. The lowest BCUT2D eigenvalue weighted by molar-refractivity contribution is -0.142. The van der Waals surface area contributed by atoms with Gasteiger partial charge in [-0.15, -0.1) is 0 Å². The number of hydrogen-bond donors (Lipinski definition) is 2. The summed E-state index contributed by atoms with van der Waals surface area (Å²) in [5.74, 6) is -0.802. The van der Waals surface area contributed by atoms with E-state index < -0.39 is 17.5 Å². The Hall–Kier alpha value is -0.570. The number of rotatable bonds is 2. The highest BCUT2D eigenvalue weighted by Crippen LogP contribution is 2.37. The van der Waals surface area contributed by atoms with Gasteiger partial charge in [-0.3, -0.25) is 4.79 Å². The Balaban J connectivity index is 2.64. The maximum absolute atomic E-state index is 10.6. The second kappa shape index (κ2) is 4.09. The molecule has 2 unspecified atom stereocenters. The molecule has 0 amide bonds. The normalized spacial score (nSPS) is 35.4. The number of carboxylic acids is 1. The fourth-order valence-corrected chi connectivity index (χ4v) is 2.11. The zero-order chi connectivity index (χ0) is 9.90. The number of hydrogen-bond acceptors (Lipinski definition) is 2. The highest BCUT2D eigenvalue weighted by Gasteiger charge is 2.35. The Morgan fingerprint density at radius 3 is 2.77 bits per heavy atom. The van der Waals surface area contributed by atoms with E-state index in [0.29, 0.717) is 0 Å².